The van der Waals surface area contributed by atoms with Crippen LogP contribution in [0.3, 0.4) is 0 Å². The summed E-state index contributed by atoms with van der Waals surface area (Å²) in [4.78, 5) is 26.8. The number of hydrogen-bond donors (Lipinski definition) is 2. The first kappa shape index (κ1) is 14.0. The minimum Gasteiger partial charge on any atom is -0.377 e. The number of carbonyl (C=O) groups is 1. The molecule has 0 radical (unpaired) electrons. The van der Waals surface area contributed by atoms with E-state index in [1.165, 1.54) is 6.07 Å². The van der Waals surface area contributed by atoms with E-state index in [4.69, 9.17) is 0 Å². The van der Waals surface area contributed by atoms with Crippen LogP contribution in [-0.4, -0.2) is 21.9 Å². The largest absolute Gasteiger partial charge is 0.377 e. The maximum absolute atomic E-state index is 12.1. The van der Waals surface area contributed by atoms with Gasteiger partial charge in [-0.05, 0) is 37.1 Å². The van der Waals surface area contributed by atoms with Gasteiger partial charge in [0.1, 0.15) is 11.5 Å². The second kappa shape index (κ2) is 5.80. The lowest BCUT2D eigenvalue weighted by atomic mass is 10.1. The monoisotopic (exact) mass is 298 g/mol. The van der Waals surface area contributed by atoms with Gasteiger partial charge in [0.05, 0.1) is 4.92 Å². The average Bonchev–Trinajstić information content (AvgIpc) is 3.32. The Kier molecular flexibility index (Phi) is 3.69. The number of amides is 1. The standard InChI is InChI=1S/C15H14N4O3/c20-15(18-14-3-1-2-8-16-14)10-4-7-12(17-11-5-6-11)13(9-10)19(21)22/h1-4,7-9,11,17H,5-6H2,(H,16,18,20). The molecule has 3 rings (SSSR count). The van der Waals surface area contributed by atoms with Crippen LogP contribution in [0.15, 0.2) is 42.6 Å². The summed E-state index contributed by atoms with van der Waals surface area (Å²) >= 11 is 0. The normalized spacial score (nSPS) is 13.5. The Balaban J connectivity index is 1.82. The molecule has 1 aliphatic carbocycles. The number of nitrogens with zero attached hydrogens (tertiary/aromatic N) is 2. The van der Waals surface area contributed by atoms with Gasteiger partial charge in [0.25, 0.3) is 11.6 Å². The quantitative estimate of drug-likeness (QED) is 0.653. The van der Waals surface area contributed by atoms with Crippen LogP contribution in [0.25, 0.3) is 0 Å². The third kappa shape index (κ3) is 3.20. The second-order valence-electron chi connectivity index (χ2n) is 5.08. The predicted octanol–water partition coefficient (Wildman–Crippen LogP) is 2.82. The van der Waals surface area contributed by atoms with E-state index in [1.807, 2.05) is 0 Å². The van der Waals surface area contributed by atoms with Crippen LogP contribution in [0.1, 0.15) is 23.2 Å². The first-order valence-corrected chi connectivity index (χ1v) is 6.91. The average molecular weight is 298 g/mol. The molecule has 112 valence electrons. The summed E-state index contributed by atoms with van der Waals surface area (Å²) in [6, 6.07) is 9.84. The molecule has 1 aromatic heterocycles. The van der Waals surface area contributed by atoms with E-state index in [-0.39, 0.29) is 11.3 Å². The number of nitro groups is 1. The molecule has 1 heterocycles. The first-order valence-electron chi connectivity index (χ1n) is 6.91. The van der Waals surface area contributed by atoms with Crippen LogP contribution in [0.2, 0.25) is 0 Å². The molecule has 1 aromatic carbocycles. The fourth-order valence-electron chi connectivity index (χ4n) is 2.02. The molecule has 0 aliphatic heterocycles. The Morgan fingerprint density at radius 1 is 1.27 bits per heavy atom. The summed E-state index contributed by atoms with van der Waals surface area (Å²) in [6.45, 7) is 0. The van der Waals surface area contributed by atoms with Gasteiger partial charge in [0, 0.05) is 23.9 Å². The minimum atomic E-state index is -0.484. The molecule has 0 saturated heterocycles. The van der Waals surface area contributed by atoms with Gasteiger partial charge in [-0.25, -0.2) is 4.98 Å². The maximum atomic E-state index is 12.1. The Morgan fingerprint density at radius 3 is 2.73 bits per heavy atom. The van der Waals surface area contributed by atoms with Crippen LogP contribution in [-0.2, 0) is 0 Å². The first-order chi connectivity index (χ1) is 10.6. The van der Waals surface area contributed by atoms with Crippen LogP contribution < -0.4 is 10.6 Å². The minimum absolute atomic E-state index is 0.0967. The molecule has 2 aromatic rings. The topological polar surface area (TPSA) is 97.2 Å². The molecule has 0 unspecified atom stereocenters. The van der Waals surface area contributed by atoms with Gasteiger partial charge >= 0.3 is 0 Å². The lowest BCUT2D eigenvalue weighted by molar-refractivity contribution is -0.384. The van der Waals surface area contributed by atoms with Crippen molar-refractivity contribution in [2.45, 2.75) is 18.9 Å². The van der Waals surface area contributed by atoms with E-state index in [2.05, 4.69) is 15.6 Å². The van der Waals surface area contributed by atoms with E-state index in [9.17, 15) is 14.9 Å². The molecule has 0 spiro atoms. The van der Waals surface area contributed by atoms with E-state index in [0.717, 1.165) is 12.8 Å². The summed E-state index contributed by atoms with van der Waals surface area (Å²) in [6.07, 6.45) is 3.58. The highest BCUT2D eigenvalue weighted by atomic mass is 16.6. The number of aromatic nitrogens is 1. The van der Waals surface area contributed by atoms with Crippen molar-refractivity contribution < 1.29 is 9.72 Å². The highest BCUT2D eigenvalue weighted by Crippen LogP contribution is 2.31. The predicted molar refractivity (Wildman–Crippen MR) is 81.9 cm³/mol. The Morgan fingerprint density at radius 2 is 2.09 bits per heavy atom. The number of nitro benzene ring substituents is 1. The molecular weight excluding hydrogens is 284 g/mol. The molecule has 1 fully saturated rings. The van der Waals surface area contributed by atoms with Crippen LogP contribution in [0.4, 0.5) is 17.2 Å². The number of anilines is 2. The van der Waals surface area contributed by atoms with Crippen molar-refractivity contribution in [1.82, 2.24) is 4.98 Å². The van der Waals surface area contributed by atoms with Gasteiger partial charge < -0.3 is 10.6 Å². The van der Waals surface area contributed by atoms with Crippen molar-refractivity contribution in [1.29, 1.82) is 0 Å². The number of hydrogen-bond acceptors (Lipinski definition) is 5. The molecule has 0 atom stereocenters. The molecule has 7 nitrogen and oxygen atoms in total. The smallest absolute Gasteiger partial charge is 0.293 e. The van der Waals surface area contributed by atoms with Gasteiger partial charge in [0.2, 0.25) is 0 Å². The Bertz CT molecular complexity index is 714. The van der Waals surface area contributed by atoms with Crippen molar-refractivity contribution in [2.75, 3.05) is 10.6 Å². The number of nitrogens with one attached hydrogen (secondary N) is 2. The molecule has 1 aliphatic rings. The number of pyridine rings is 1. The lowest BCUT2D eigenvalue weighted by Gasteiger charge is -2.08. The van der Waals surface area contributed by atoms with Crippen molar-refractivity contribution in [3.05, 3.63) is 58.3 Å². The van der Waals surface area contributed by atoms with Crippen LogP contribution in [0, 0.1) is 10.1 Å². The maximum Gasteiger partial charge on any atom is 0.293 e. The summed E-state index contributed by atoms with van der Waals surface area (Å²) < 4.78 is 0. The third-order valence-electron chi connectivity index (χ3n) is 3.30. The van der Waals surface area contributed by atoms with Crippen LogP contribution >= 0.6 is 0 Å². The molecule has 22 heavy (non-hydrogen) atoms. The Hall–Kier alpha value is -2.96. The fourth-order valence-corrected chi connectivity index (χ4v) is 2.02. The highest BCUT2D eigenvalue weighted by molar-refractivity contribution is 6.04. The van der Waals surface area contributed by atoms with Crippen molar-refractivity contribution in [2.24, 2.45) is 0 Å². The summed E-state index contributed by atoms with van der Waals surface area (Å²) in [5.41, 5.74) is 0.571. The molecule has 2 N–H and O–H groups in total. The Labute approximate surface area is 126 Å². The zero-order valence-corrected chi connectivity index (χ0v) is 11.7. The third-order valence-corrected chi connectivity index (χ3v) is 3.30. The molecule has 1 saturated carbocycles. The lowest BCUT2D eigenvalue weighted by Crippen LogP contribution is -2.13. The second-order valence-corrected chi connectivity index (χ2v) is 5.08. The van der Waals surface area contributed by atoms with Gasteiger partial charge in [-0.2, -0.15) is 0 Å². The highest BCUT2D eigenvalue weighted by Gasteiger charge is 2.25. The zero-order chi connectivity index (χ0) is 15.5. The fraction of sp³-hybridized carbons (Fsp3) is 0.200. The zero-order valence-electron chi connectivity index (χ0n) is 11.7. The number of carbonyl (C=O) groups excluding carboxylic acids is 1. The number of benzene rings is 1. The SMILES string of the molecule is O=C(Nc1ccccn1)c1ccc(NC2CC2)c([N+](=O)[O-])c1. The summed E-state index contributed by atoms with van der Waals surface area (Å²) in [5, 5.41) is 16.9. The van der Waals surface area contributed by atoms with E-state index in [1.54, 1.807) is 36.5 Å². The molecule has 1 amide bonds. The number of rotatable bonds is 5. The molecule has 7 heteroatoms. The summed E-state index contributed by atoms with van der Waals surface area (Å²) in [7, 11) is 0. The van der Waals surface area contributed by atoms with Gasteiger partial charge in [-0.15, -0.1) is 0 Å². The van der Waals surface area contributed by atoms with E-state index >= 15 is 0 Å². The van der Waals surface area contributed by atoms with Crippen molar-refractivity contribution >= 4 is 23.1 Å². The van der Waals surface area contributed by atoms with E-state index in [0.29, 0.717) is 17.5 Å². The summed E-state index contributed by atoms with van der Waals surface area (Å²) in [5.74, 6) is -0.0323. The molecular formula is C15H14N4O3. The van der Waals surface area contributed by atoms with Gasteiger partial charge in [-0.3, -0.25) is 14.9 Å². The van der Waals surface area contributed by atoms with Crippen molar-refractivity contribution in [3.63, 3.8) is 0 Å². The van der Waals surface area contributed by atoms with Gasteiger partial charge in [-0.1, -0.05) is 6.07 Å². The van der Waals surface area contributed by atoms with Crippen LogP contribution in [0.5, 0.6) is 0 Å². The van der Waals surface area contributed by atoms with Crippen molar-refractivity contribution in [3.8, 4) is 0 Å². The van der Waals surface area contributed by atoms with Gasteiger partial charge in [0.15, 0.2) is 0 Å². The molecule has 0 bridgehead atoms. The van der Waals surface area contributed by atoms with E-state index < -0.39 is 10.8 Å².